The largest absolute Gasteiger partial charge is 0.454 e. The van der Waals surface area contributed by atoms with Crippen LogP contribution in [0, 0.1) is 0 Å². The van der Waals surface area contributed by atoms with E-state index in [1.54, 1.807) is 29.1 Å². The minimum atomic E-state index is -0.0924. The molecule has 0 radical (unpaired) electrons. The molecule has 5 heteroatoms. The molecule has 1 heterocycles. The van der Waals surface area contributed by atoms with Gasteiger partial charge in [0.1, 0.15) is 5.75 Å². The van der Waals surface area contributed by atoms with E-state index in [2.05, 4.69) is 5.10 Å². The molecule has 0 unspecified atom stereocenters. The molecule has 0 aliphatic carbocycles. The topological polar surface area (TPSA) is 47.3 Å². The molecule has 0 aliphatic rings. The van der Waals surface area contributed by atoms with Gasteiger partial charge < -0.3 is 9.84 Å². The summed E-state index contributed by atoms with van der Waals surface area (Å²) in [4.78, 5) is 0. The Hall–Kier alpha value is -1.52. The highest BCUT2D eigenvalue weighted by Gasteiger charge is 2.08. The Labute approximate surface area is 111 Å². The van der Waals surface area contributed by atoms with Gasteiger partial charge in [-0.15, -0.1) is 0 Å². The fourth-order valence-corrected chi connectivity index (χ4v) is 1.70. The molecule has 2 aromatic rings. The van der Waals surface area contributed by atoms with Crippen molar-refractivity contribution in [1.82, 2.24) is 9.78 Å². The Balaban J connectivity index is 2.24. The van der Waals surface area contributed by atoms with E-state index in [-0.39, 0.29) is 12.6 Å². The monoisotopic (exact) mass is 266 g/mol. The van der Waals surface area contributed by atoms with Gasteiger partial charge >= 0.3 is 0 Å². The van der Waals surface area contributed by atoms with E-state index in [0.29, 0.717) is 22.1 Å². The highest BCUT2D eigenvalue weighted by Crippen LogP contribution is 2.28. The van der Waals surface area contributed by atoms with Crippen molar-refractivity contribution in [3.05, 3.63) is 41.2 Å². The summed E-state index contributed by atoms with van der Waals surface area (Å²) in [6.45, 7) is 3.98. The molecule has 0 saturated carbocycles. The van der Waals surface area contributed by atoms with Gasteiger partial charge in [-0.05, 0) is 26.0 Å². The zero-order valence-corrected chi connectivity index (χ0v) is 11.1. The highest BCUT2D eigenvalue weighted by atomic mass is 35.5. The van der Waals surface area contributed by atoms with E-state index in [0.717, 1.165) is 0 Å². The predicted molar refractivity (Wildman–Crippen MR) is 70.1 cm³/mol. The van der Waals surface area contributed by atoms with Crippen molar-refractivity contribution in [2.75, 3.05) is 0 Å². The van der Waals surface area contributed by atoms with Gasteiger partial charge in [0.2, 0.25) is 0 Å². The third kappa shape index (κ3) is 2.83. The number of halogens is 1. The number of nitrogens with zero attached hydrogens (tertiary/aromatic N) is 2. The molecule has 96 valence electrons. The number of hydrogen-bond acceptors (Lipinski definition) is 3. The van der Waals surface area contributed by atoms with Crippen molar-refractivity contribution in [1.29, 1.82) is 0 Å². The number of rotatable bonds is 4. The predicted octanol–water partition coefficient (Wildman–Crippen LogP) is 3.40. The Morgan fingerprint density at radius 1 is 1.44 bits per heavy atom. The first-order valence-corrected chi connectivity index (χ1v) is 6.09. The maximum absolute atomic E-state index is 9.24. The Morgan fingerprint density at radius 2 is 2.22 bits per heavy atom. The summed E-state index contributed by atoms with van der Waals surface area (Å²) in [5, 5.41) is 14.0. The summed E-state index contributed by atoms with van der Waals surface area (Å²) in [7, 11) is 0. The molecule has 0 saturated heterocycles. The molecular weight excluding hydrogens is 252 g/mol. The molecule has 1 N–H and O–H groups in total. The zero-order chi connectivity index (χ0) is 13.1. The summed E-state index contributed by atoms with van der Waals surface area (Å²) in [5.74, 6) is 1.17. The standard InChI is InChI=1S/C13H15ClN2O2/c1-9(2)16-7-12(6-15-16)18-13-5-11(14)4-3-10(13)8-17/h3-7,9,17H,8H2,1-2H3. The van der Waals surface area contributed by atoms with E-state index in [4.69, 9.17) is 16.3 Å². The Bertz CT molecular complexity index is 538. The lowest BCUT2D eigenvalue weighted by molar-refractivity contribution is 0.276. The van der Waals surface area contributed by atoms with Crippen LogP contribution in [0.15, 0.2) is 30.6 Å². The van der Waals surface area contributed by atoms with E-state index >= 15 is 0 Å². The van der Waals surface area contributed by atoms with Gasteiger partial charge in [0.15, 0.2) is 5.75 Å². The minimum absolute atomic E-state index is 0.0924. The quantitative estimate of drug-likeness (QED) is 0.923. The van der Waals surface area contributed by atoms with Crippen molar-refractivity contribution in [2.45, 2.75) is 26.5 Å². The van der Waals surface area contributed by atoms with E-state index in [1.165, 1.54) is 0 Å². The highest BCUT2D eigenvalue weighted by molar-refractivity contribution is 6.30. The van der Waals surface area contributed by atoms with Crippen molar-refractivity contribution >= 4 is 11.6 Å². The van der Waals surface area contributed by atoms with Crippen molar-refractivity contribution in [3.8, 4) is 11.5 Å². The first-order valence-electron chi connectivity index (χ1n) is 5.71. The molecule has 4 nitrogen and oxygen atoms in total. The van der Waals surface area contributed by atoms with Gasteiger partial charge in [-0.2, -0.15) is 5.10 Å². The number of ether oxygens (including phenoxy) is 1. The maximum Gasteiger partial charge on any atom is 0.165 e. The second-order valence-electron chi connectivity index (χ2n) is 4.26. The molecule has 0 bridgehead atoms. The van der Waals surface area contributed by atoms with Crippen LogP contribution in [0.5, 0.6) is 11.5 Å². The Morgan fingerprint density at radius 3 is 2.83 bits per heavy atom. The van der Waals surface area contributed by atoms with Crippen LogP contribution >= 0.6 is 11.6 Å². The molecule has 1 aromatic heterocycles. The van der Waals surface area contributed by atoms with Crippen molar-refractivity contribution < 1.29 is 9.84 Å². The van der Waals surface area contributed by atoms with E-state index in [1.807, 2.05) is 20.0 Å². The van der Waals surface area contributed by atoms with Gasteiger partial charge in [-0.3, -0.25) is 4.68 Å². The van der Waals surface area contributed by atoms with Crippen LogP contribution in [0.4, 0.5) is 0 Å². The normalized spacial score (nSPS) is 10.9. The Kier molecular flexibility index (Phi) is 3.89. The van der Waals surface area contributed by atoms with E-state index < -0.39 is 0 Å². The summed E-state index contributed by atoms with van der Waals surface area (Å²) >= 11 is 5.91. The molecule has 2 rings (SSSR count). The molecule has 18 heavy (non-hydrogen) atoms. The van der Waals surface area contributed by atoms with Gasteiger partial charge in [-0.25, -0.2) is 0 Å². The fraction of sp³-hybridized carbons (Fsp3) is 0.308. The fourth-order valence-electron chi connectivity index (χ4n) is 1.54. The SMILES string of the molecule is CC(C)n1cc(Oc2cc(Cl)ccc2CO)cn1. The smallest absolute Gasteiger partial charge is 0.165 e. The second-order valence-corrected chi connectivity index (χ2v) is 4.70. The molecule has 0 amide bonds. The molecular formula is C13H15ClN2O2. The summed E-state index contributed by atoms with van der Waals surface area (Å²) in [6, 6.07) is 5.42. The summed E-state index contributed by atoms with van der Waals surface area (Å²) in [6.07, 6.45) is 3.45. The number of aromatic nitrogens is 2. The first-order chi connectivity index (χ1) is 8.60. The summed E-state index contributed by atoms with van der Waals surface area (Å²) < 4.78 is 7.49. The lowest BCUT2D eigenvalue weighted by Gasteiger charge is -2.08. The summed E-state index contributed by atoms with van der Waals surface area (Å²) in [5.41, 5.74) is 0.691. The minimum Gasteiger partial charge on any atom is -0.454 e. The first kappa shape index (κ1) is 12.9. The average Bonchev–Trinajstić information content (AvgIpc) is 2.78. The number of aliphatic hydroxyl groups excluding tert-OH is 1. The molecule has 0 aliphatic heterocycles. The number of benzene rings is 1. The zero-order valence-electron chi connectivity index (χ0n) is 10.3. The van der Waals surface area contributed by atoms with Crippen LogP contribution in [0.25, 0.3) is 0 Å². The van der Waals surface area contributed by atoms with Crippen LogP contribution in [-0.2, 0) is 6.61 Å². The van der Waals surface area contributed by atoms with Crippen LogP contribution in [0.3, 0.4) is 0 Å². The number of hydrogen-bond donors (Lipinski definition) is 1. The van der Waals surface area contributed by atoms with Crippen LogP contribution in [0.1, 0.15) is 25.5 Å². The van der Waals surface area contributed by atoms with Gasteiger partial charge in [0.25, 0.3) is 0 Å². The van der Waals surface area contributed by atoms with Crippen molar-refractivity contribution in [2.24, 2.45) is 0 Å². The van der Waals surface area contributed by atoms with Crippen LogP contribution in [0.2, 0.25) is 5.02 Å². The number of aliphatic hydroxyl groups is 1. The van der Waals surface area contributed by atoms with Crippen LogP contribution < -0.4 is 4.74 Å². The third-order valence-corrected chi connectivity index (χ3v) is 2.77. The molecule has 0 fully saturated rings. The lowest BCUT2D eigenvalue weighted by Crippen LogP contribution is -1.99. The molecule has 0 atom stereocenters. The van der Waals surface area contributed by atoms with Crippen LogP contribution in [-0.4, -0.2) is 14.9 Å². The molecule has 0 spiro atoms. The molecule has 1 aromatic carbocycles. The lowest BCUT2D eigenvalue weighted by atomic mass is 10.2. The van der Waals surface area contributed by atoms with Gasteiger partial charge in [0, 0.05) is 16.6 Å². The van der Waals surface area contributed by atoms with E-state index in [9.17, 15) is 5.11 Å². The average molecular weight is 267 g/mol. The second kappa shape index (κ2) is 5.42. The van der Waals surface area contributed by atoms with Crippen molar-refractivity contribution in [3.63, 3.8) is 0 Å². The van der Waals surface area contributed by atoms with Gasteiger partial charge in [0.05, 0.1) is 19.0 Å². The maximum atomic E-state index is 9.24. The third-order valence-electron chi connectivity index (χ3n) is 2.53. The van der Waals surface area contributed by atoms with Gasteiger partial charge in [-0.1, -0.05) is 17.7 Å².